The summed E-state index contributed by atoms with van der Waals surface area (Å²) in [6, 6.07) is 5.50. The first-order valence-electron chi connectivity index (χ1n) is 8.30. The van der Waals surface area contributed by atoms with E-state index in [1.165, 1.54) is 18.7 Å². The highest BCUT2D eigenvalue weighted by molar-refractivity contribution is 6.48. The molecular formula is C17H17N7O4. The van der Waals surface area contributed by atoms with Gasteiger partial charge in [0.05, 0.1) is 5.71 Å². The second kappa shape index (κ2) is 6.37. The third-order valence-corrected chi connectivity index (χ3v) is 4.42. The van der Waals surface area contributed by atoms with Gasteiger partial charge in [-0.1, -0.05) is 6.07 Å². The Hall–Kier alpha value is -3.89. The molecule has 28 heavy (non-hydrogen) atoms. The van der Waals surface area contributed by atoms with Crippen LogP contribution in [0.5, 0.6) is 11.5 Å². The summed E-state index contributed by atoms with van der Waals surface area (Å²) in [4.78, 5) is 36.9. The SMILES string of the molecule is Cn1c(N=C2N=C(N)N=C2Cc2ccc3c(c2)OCO3)c(N)c(=O)n(C)c1=O. The standard InChI is InChI=1S/C17H17N7O4/c1-23-14(12(18)15(25)24(2)17(23)26)21-13-9(20-16(19)22-13)5-8-3-4-10-11(6-8)28-7-27-10/h3-4,6H,5,7,18H2,1-2H3,(H2,19,21,22). The minimum atomic E-state index is -0.633. The van der Waals surface area contributed by atoms with Crippen LogP contribution in [0.4, 0.5) is 11.5 Å². The van der Waals surface area contributed by atoms with Crippen molar-refractivity contribution >= 4 is 29.0 Å². The number of guanidine groups is 1. The van der Waals surface area contributed by atoms with Crippen molar-refractivity contribution in [3.63, 3.8) is 0 Å². The van der Waals surface area contributed by atoms with E-state index in [1.807, 2.05) is 12.1 Å². The quantitative estimate of drug-likeness (QED) is 0.724. The van der Waals surface area contributed by atoms with Crippen LogP contribution >= 0.6 is 0 Å². The molecule has 0 aliphatic carbocycles. The maximum atomic E-state index is 12.2. The van der Waals surface area contributed by atoms with Crippen LogP contribution in [0.3, 0.4) is 0 Å². The molecule has 0 spiro atoms. The zero-order valence-electron chi connectivity index (χ0n) is 15.2. The molecule has 2 aromatic rings. The Morgan fingerprint density at radius 2 is 1.86 bits per heavy atom. The number of hydrogen-bond acceptors (Lipinski definition) is 8. The van der Waals surface area contributed by atoms with Gasteiger partial charge in [0, 0.05) is 20.5 Å². The van der Waals surface area contributed by atoms with Crippen LogP contribution in [0.1, 0.15) is 5.56 Å². The fourth-order valence-corrected chi connectivity index (χ4v) is 2.93. The van der Waals surface area contributed by atoms with Crippen molar-refractivity contribution in [1.29, 1.82) is 0 Å². The van der Waals surface area contributed by atoms with Gasteiger partial charge in [-0.3, -0.25) is 13.9 Å². The molecular weight excluding hydrogens is 366 g/mol. The molecule has 0 saturated carbocycles. The van der Waals surface area contributed by atoms with E-state index >= 15 is 0 Å². The lowest BCUT2D eigenvalue weighted by atomic mass is 10.1. The monoisotopic (exact) mass is 383 g/mol. The lowest BCUT2D eigenvalue weighted by Gasteiger charge is -2.09. The molecule has 0 fully saturated rings. The number of anilines is 1. The molecule has 0 unspecified atom stereocenters. The molecule has 4 rings (SSSR count). The van der Waals surface area contributed by atoms with E-state index in [0.29, 0.717) is 23.6 Å². The summed E-state index contributed by atoms with van der Waals surface area (Å²) in [6.07, 6.45) is 0.359. The van der Waals surface area contributed by atoms with Crippen molar-refractivity contribution in [1.82, 2.24) is 9.13 Å². The molecule has 2 aliphatic rings. The average molecular weight is 383 g/mol. The van der Waals surface area contributed by atoms with Crippen LogP contribution in [0.2, 0.25) is 0 Å². The number of aromatic nitrogens is 2. The summed E-state index contributed by atoms with van der Waals surface area (Å²) in [7, 11) is 2.81. The summed E-state index contributed by atoms with van der Waals surface area (Å²) in [5.41, 5.74) is 11.6. The molecule has 144 valence electrons. The van der Waals surface area contributed by atoms with Crippen molar-refractivity contribution in [2.45, 2.75) is 6.42 Å². The summed E-state index contributed by atoms with van der Waals surface area (Å²) >= 11 is 0. The summed E-state index contributed by atoms with van der Waals surface area (Å²) in [6.45, 7) is 0.179. The van der Waals surface area contributed by atoms with Gasteiger partial charge in [0.2, 0.25) is 12.8 Å². The highest BCUT2D eigenvalue weighted by atomic mass is 16.7. The van der Waals surface area contributed by atoms with Crippen molar-refractivity contribution in [2.75, 3.05) is 12.5 Å². The summed E-state index contributed by atoms with van der Waals surface area (Å²) in [5, 5.41) is 0. The van der Waals surface area contributed by atoms with Crippen LogP contribution in [0, 0.1) is 0 Å². The topological polar surface area (TPSA) is 152 Å². The van der Waals surface area contributed by atoms with E-state index in [4.69, 9.17) is 20.9 Å². The van der Waals surface area contributed by atoms with Crippen LogP contribution in [-0.4, -0.2) is 33.4 Å². The molecule has 2 aliphatic heterocycles. The summed E-state index contributed by atoms with van der Waals surface area (Å²) < 4.78 is 12.8. The number of nitrogens with zero attached hydrogens (tertiary/aromatic N) is 5. The first-order chi connectivity index (χ1) is 13.3. The second-order valence-corrected chi connectivity index (χ2v) is 6.27. The van der Waals surface area contributed by atoms with Gasteiger partial charge in [0.1, 0.15) is 5.69 Å². The number of nitrogens with two attached hydrogens (primary N) is 2. The normalized spacial score (nSPS) is 16.4. The Morgan fingerprint density at radius 1 is 1.11 bits per heavy atom. The lowest BCUT2D eigenvalue weighted by molar-refractivity contribution is 0.174. The predicted octanol–water partition coefficient (Wildman–Crippen LogP) is -0.563. The maximum Gasteiger partial charge on any atom is 0.332 e. The number of amidine groups is 1. The average Bonchev–Trinajstić information content (AvgIpc) is 3.27. The minimum absolute atomic E-state index is 0.0000586. The van der Waals surface area contributed by atoms with Gasteiger partial charge in [0.15, 0.2) is 23.2 Å². The van der Waals surface area contributed by atoms with Gasteiger partial charge in [-0.25, -0.2) is 14.8 Å². The Morgan fingerprint density at radius 3 is 2.64 bits per heavy atom. The third kappa shape index (κ3) is 2.82. The molecule has 0 saturated heterocycles. The van der Waals surface area contributed by atoms with E-state index in [-0.39, 0.29) is 30.1 Å². The van der Waals surface area contributed by atoms with Crippen LogP contribution < -0.4 is 32.2 Å². The number of nitrogen functional groups attached to an aromatic ring is 1. The molecule has 11 nitrogen and oxygen atoms in total. The first-order valence-corrected chi connectivity index (χ1v) is 8.30. The maximum absolute atomic E-state index is 12.2. The second-order valence-electron chi connectivity index (χ2n) is 6.27. The number of ether oxygens (including phenoxy) is 2. The van der Waals surface area contributed by atoms with E-state index in [9.17, 15) is 9.59 Å². The Kier molecular flexibility index (Phi) is 3.99. The molecule has 0 radical (unpaired) electrons. The van der Waals surface area contributed by atoms with Gasteiger partial charge in [-0.05, 0) is 17.7 Å². The third-order valence-electron chi connectivity index (χ3n) is 4.42. The fraction of sp³-hybridized carbons (Fsp3) is 0.235. The molecule has 4 N–H and O–H groups in total. The van der Waals surface area contributed by atoms with Crippen LogP contribution in [0.25, 0.3) is 0 Å². The van der Waals surface area contributed by atoms with Gasteiger partial charge >= 0.3 is 5.69 Å². The Bertz CT molecular complexity index is 1170. The Labute approximate surface area is 158 Å². The molecule has 1 aromatic carbocycles. The molecule has 11 heteroatoms. The van der Waals surface area contributed by atoms with Crippen LogP contribution in [0.15, 0.2) is 42.8 Å². The van der Waals surface area contributed by atoms with Crippen molar-refractivity contribution in [3.05, 3.63) is 44.6 Å². The lowest BCUT2D eigenvalue weighted by Crippen LogP contribution is -2.38. The predicted molar refractivity (Wildman–Crippen MR) is 104 cm³/mol. The number of benzene rings is 1. The smallest absolute Gasteiger partial charge is 0.332 e. The van der Waals surface area contributed by atoms with Crippen molar-refractivity contribution in [3.8, 4) is 11.5 Å². The number of rotatable bonds is 3. The first kappa shape index (κ1) is 17.5. The van der Waals surface area contributed by atoms with E-state index in [2.05, 4.69) is 15.0 Å². The molecule has 1 aromatic heterocycles. The van der Waals surface area contributed by atoms with Crippen molar-refractivity contribution < 1.29 is 9.47 Å². The number of aliphatic imine (C=N–C) groups is 3. The number of fused-ring (bicyclic) bond motifs is 1. The molecule has 3 heterocycles. The zero-order chi connectivity index (χ0) is 20.0. The largest absolute Gasteiger partial charge is 0.454 e. The van der Waals surface area contributed by atoms with E-state index in [0.717, 1.165) is 10.1 Å². The highest BCUT2D eigenvalue weighted by Crippen LogP contribution is 2.32. The van der Waals surface area contributed by atoms with Gasteiger partial charge < -0.3 is 20.9 Å². The summed E-state index contributed by atoms with van der Waals surface area (Å²) in [5.74, 6) is 1.53. The molecule has 0 bridgehead atoms. The van der Waals surface area contributed by atoms with Gasteiger partial charge in [0.25, 0.3) is 5.56 Å². The highest BCUT2D eigenvalue weighted by Gasteiger charge is 2.21. The van der Waals surface area contributed by atoms with E-state index < -0.39 is 11.2 Å². The van der Waals surface area contributed by atoms with Gasteiger partial charge in [-0.2, -0.15) is 4.99 Å². The Balaban J connectivity index is 1.73. The minimum Gasteiger partial charge on any atom is -0.454 e. The zero-order valence-corrected chi connectivity index (χ0v) is 15.2. The molecule has 0 amide bonds. The van der Waals surface area contributed by atoms with Gasteiger partial charge in [-0.15, -0.1) is 0 Å². The molecule has 0 atom stereocenters. The number of hydrogen-bond donors (Lipinski definition) is 2. The van der Waals surface area contributed by atoms with E-state index in [1.54, 1.807) is 6.07 Å². The van der Waals surface area contributed by atoms with Crippen molar-refractivity contribution in [2.24, 2.45) is 34.8 Å². The van der Waals surface area contributed by atoms with Crippen LogP contribution in [-0.2, 0) is 20.5 Å². The fourth-order valence-electron chi connectivity index (χ4n) is 2.93.